The Bertz CT molecular complexity index is 1200. The molecule has 0 aliphatic heterocycles. The standard InChI is InChI=1S/C29H44N2O5S2/c1-22(2)38(34,35)31-21-23(3)26-11-13-28(14-12-26)27-9-5-24(6-10-27)17-19-30-37(32,33)20-18-25-7-15-29(36-4)16-8-25/h5-10,15-16,22-23,26,28,30-31H,11-14,17-21H2,1-4H3. The monoisotopic (exact) mass is 564 g/mol. The maximum atomic E-state index is 12.4. The van der Waals surface area contributed by atoms with E-state index in [2.05, 4.69) is 40.6 Å². The first kappa shape index (κ1) is 30.6. The van der Waals surface area contributed by atoms with Crippen molar-refractivity contribution in [1.29, 1.82) is 0 Å². The first-order chi connectivity index (χ1) is 18.0. The van der Waals surface area contributed by atoms with Crippen LogP contribution in [0.4, 0.5) is 0 Å². The predicted octanol–water partition coefficient (Wildman–Crippen LogP) is 4.64. The Hall–Kier alpha value is -1.94. The van der Waals surface area contributed by atoms with Gasteiger partial charge in [-0.15, -0.1) is 0 Å². The van der Waals surface area contributed by atoms with Gasteiger partial charge in [0.25, 0.3) is 0 Å². The van der Waals surface area contributed by atoms with Gasteiger partial charge in [-0.1, -0.05) is 43.3 Å². The molecule has 0 spiro atoms. The lowest BCUT2D eigenvalue weighted by molar-refractivity contribution is 0.246. The van der Waals surface area contributed by atoms with Crippen molar-refractivity contribution in [3.8, 4) is 5.75 Å². The van der Waals surface area contributed by atoms with E-state index in [1.54, 1.807) is 21.0 Å². The summed E-state index contributed by atoms with van der Waals surface area (Å²) in [6.07, 6.45) is 5.55. The van der Waals surface area contributed by atoms with Crippen LogP contribution in [-0.2, 0) is 32.9 Å². The van der Waals surface area contributed by atoms with Crippen molar-refractivity contribution in [2.75, 3.05) is 26.0 Å². The average Bonchev–Trinajstić information content (AvgIpc) is 2.91. The minimum Gasteiger partial charge on any atom is -0.497 e. The van der Waals surface area contributed by atoms with Crippen molar-refractivity contribution in [1.82, 2.24) is 9.44 Å². The maximum Gasteiger partial charge on any atom is 0.213 e. The predicted molar refractivity (Wildman–Crippen MR) is 155 cm³/mol. The summed E-state index contributed by atoms with van der Waals surface area (Å²) in [5.41, 5.74) is 3.41. The molecule has 38 heavy (non-hydrogen) atoms. The van der Waals surface area contributed by atoms with Crippen LogP contribution in [0.15, 0.2) is 48.5 Å². The van der Waals surface area contributed by atoms with Gasteiger partial charge >= 0.3 is 0 Å². The second-order valence-corrected chi connectivity index (χ2v) is 15.1. The fraction of sp³-hybridized carbons (Fsp3) is 0.586. The Morgan fingerprint density at radius 2 is 1.39 bits per heavy atom. The van der Waals surface area contributed by atoms with Gasteiger partial charge in [-0.05, 0) is 98.9 Å². The SMILES string of the molecule is COc1ccc(CCS(=O)(=O)NCCc2ccc(C3CCC(C(C)CNS(=O)(=O)C(C)C)CC3)cc2)cc1. The zero-order valence-electron chi connectivity index (χ0n) is 23.1. The van der Waals surface area contributed by atoms with Gasteiger partial charge in [-0.2, -0.15) is 0 Å². The van der Waals surface area contributed by atoms with Crippen molar-refractivity contribution in [2.24, 2.45) is 11.8 Å². The summed E-state index contributed by atoms with van der Waals surface area (Å²) >= 11 is 0. The molecule has 212 valence electrons. The van der Waals surface area contributed by atoms with E-state index in [1.807, 2.05) is 24.3 Å². The zero-order valence-corrected chi connectivity index (χ0v) is 24.8. The second kappa shape index (κ2) is 13.9. The first-order valence-electron chi connectivity index (χ1n) is 13.7. The van der Waals surface area contributed by atoms with Crippen LogP contribution < -0.4 is 14.2 Å². The topological polar surface area (TPSA) is 102 Å². The van der Waals surface area contributed by atoms with Gasteiger partial charge in [-0.25, -0.2) is 26.3 Å². The molecule has 0 saturated heterocycles. The van der Waals surface area contributed by atoms with Crippen LogP contribution in [0.3, 0.4) is 0 Å². The highest BCUT2D eigenvalue weighted by Crippen LogP contribution is 2.38. The second-order valence-electron chi connectivity index (χ2n) is 10.8. The summed E-state index contributed by atoms with van der Waals surface area (Å²) in [6.45, 7) is 6.44. The number of aryl methyl sites for hydroxylation is 1. The molecule has 7 nitrogen and oxygen atoms in total. The molecule has 2 aromatic carbocycles. The Morgan fingerprint density at radius 1 is 0.816 bits per heavy atom. The largest absolute Gasteiger partial charge is 0.497 e. The Balaban J connectivity index is 1.39. The fourth-order valence-electron chi connectivity index (χ4n) is 5.03. The minimum atomic E-state index is -3.34. The van der Waals surface area contributed by atoms with Gasteiger partial charge in [0.2, 0.25) is 20.0 Å². The number of hydrogen-bond acceptors (Lipinski definition) is 5. The molecule has 9 heteroatoms. The van der Waals surface area contributed by atoms with Gasteiger partial charge < -0.3 is 4.74 Å². The lowest BCUT2D eigenvalue weighted by Gasteiger charge is -2.32. The first-order valence-corrected chi connectivity index (χ1v) is 16.9. The molecular formula is C29H44N2O5S2. The van der Waals surface area contributed by atoms with Crippen LogP contribution in [0, 0.1) is 11.8 Å². The number of sulfonamides is 2. The highest BCUT2D eigenvalue weighted by Gasteiger charge is 2.27. The van der Waals surface area contributed by atoms with E-state index in [0.717, 1.165) is 42.6 Å². The molecule has 1 saturated carbocycles. The summed E-state index contributed by atoms with van der Waals surface area (Å²) in [6, 6.07) is 16.0. The van der Waals surface area contributed by atoms with Crippen LogP contribution in [0.2, 0.25) is 0 Å². The third kappa shape index (κ3) is 9.36. The van der Waals surface area contributed by atoms with Crippen LogP contribution >= 0.6 is 0 Å². The minimum absolute atomic E-state index is 0.0587. The van der Waals surface area contributed by atoms with E-state index in [4.69, 9.17) is 4.74 Å². The van der Waals surface area contributed by atoms with Crippen LogP contribution in [0.25, 0.3) is 0 Å². The summed E-state index contributed by atoms with van der Waals surface area (Å²) < 4.78 is 59.5. The number of nitrogens with one attached hydrogen (secondary N) is 2. The Kier molecular flexibility index (Phi) is 11.2. The molecule has 1 unspecified atom stereocenters. The summed E-state index contributed by atoms with van der Waals surface area (Å²) in [7, 11) is -4.95. The molecule has 1 atom stereocenters. The van der Waals surface area contributed by atoms with Gasteiger partial charge in [-0.3, -0.25) is 0 Å². The molecule has 0 bridgehead atoms. The molecule has 0 aromatic heterocycles. The van der Waals surface area contributed by atoms with Gasteiger partial charge in [0.1, 0.15) is 5.75 Å². The van der Waals surface area contributed by atoms with E-state index in [1.165, 1.54) is 5.56 Å². The van der Waals surface area contributed by atoms with E-state index in [-0.39, 0.29) is 5.75 Å². The molecule has 2 N–H and O–H groups in total. The van der Waals surface area contributed by atoms with Crippen LogP contribution in [0.5, 0.6) is 5.75 Å². The number of methoxy groups -OCH3 is 1. The van der Waals surface area contributed by atoms with Crippen LogP contribution in [0.1, 0.15) is 69.1 Å². The molecular weight excluding hydrogens is 520 g/mol. The van der Waals surface area contributed by atoms with E-state index >= 15 is 0 Å². The van der Waals surface area contributed by atoms with Gasteiger partial charge in [0.05, 0.1) is 18.1 Å². The van der Waals surface area contributed by atoms with Gasteiger partial charge in [0, 0.05) is 13.1 Å². The smallest absolute Gasteiger partial charge is 0.213 e. The van der Waals surface area contributed by atoms with Crippen molar-refractivity contribution < 1.29 is 21.6 Å². The molecule has 0 radical (unpaired) electrons. The molecule has 3 rings (SSSR count). The maximum absolute atomic E-state index is 12.4. The Morgan fingerprint density at radius 3 is 1.97 bits per heavy atom. The third-order valence-corrected chi connectivity index (χ3v) is 11.0. The molecule has 1 fully saturated rings. The molecule has 1 aliphatic rings. The van der Waals surface area contributed by atoms with E-state index < -0.39 is 25.3 Å². The molecule has 1 aliphatic carbocycles. The normalized spacial score (nSPS) is 19.4. The van der Waals surface area contributed by atoms with Crippen molar-refractivity contribution in [2.45, 2.75) is 70.5 Å². The summed E-state index contributed by atoms with van der Waals surface area (Å²) in [4.78, 5) is 0. The van der Waals surface area contributed by atoms with E-state index in [0.29, 0.717) is 43.7 Å². The van der Waals surface area contributed by atoms with Crippen molar-refractivity contribution >= 4 is 20.0 Å². The third-order valence-electron chi connectivity index (χ3n) is 7.81. The summed E-state index contributed by atoms with van der Waals surface area (Å²) in [5, 5.41) is -0.404. The average molecular weight is 565 g/mol. The number of rotatable bonds is 14. The molecule has 0 amide bonds. The van der Waals surface area contributed by atoms with Crippen molar-refractivity contribution in [3.63, 3.8) is 0 Å². The highest BCUT2D eigenvalue weighted by molar-refractivity contribution is 7.90. The molecule has 0 heterocycles. The van der Waals surface area contributed by atoms with E-state index in [9.17, 15) is 16.8 Å². The Labute approximate surface area is 229 Å². The number of benzene rings is 2. The fourth-order valence-corrected chi connectivity index (χ4v) is 6.92. The highest BCUT2D eigenvalue weighted by atomic mass is 32.2. The van der Waals surface area contributed by atoms with Gasteiger partial charge in [0.15, 0.2) is 0 Å². The summed E-state index contributed by atoms with van der Waals surface area (Å²) in [5.74, 6) is 2.21. The lowest BCUT2D eigenvalue weighted by atomic mass is 9.74. The number of ether oxygens (including phenoxy) is 1. The quantitative estimate of drug-likeness (QED) is 0.348. The lowest BCUT2D eigenvalue weighted by Crippen LogP contribution is -2.36. The number of hydrogen-bond donors (Lipinski definition) is 2. The molecule has 2 aromatic rings. The van der Waals surface area contributed by atoms with Crippen LogP contribution in [-0.4, -0.2) is 48.0 Å². The van der Waals surface area contributed by atoms with Crippen molar-refractivity contribution in [3.05, 3.63) is 65.2 Å². The zero-order chi connectivity index (χ0) is 27.8.